The molecule has 2 aromatic carbocycles. The lowest BCUT2D eigenvalue weighted by molar-refractivity contribution is -0.137. The van der Waals surface area contributed by atoms with Gasteiger partial charge in [-0.15, -0.1) is 5.10 Å². The van der Waals surface area contributed by atoms with E-state index in [0.717, 1.165) is 17.7 Å². The third-order valence-electron chi connectivity index (χ3n) is 4.82. The molecule has 11 heteroatoms. The maximum absolute atomic E-state index is 12.9. The Morgan fingerprint density at radius 3 is 2.44 bits per heavy atom. The average Bonchev–Trinajstić information content (AvgIpc) is 3.27. The number of aromatic nitrogens is 3. The van der Waals surface area contributed by atoms with Crippen LogP contribution in [0.2, 0.25) is 10.0 Å². The van der Waals surface area contributed by atoms with Crippen LogP contribution in [0.5, 0.6) is 0 Å². The van der Waals surface area contributed by atoms with Crippen LogP contribution in [0.15, 0.2) is 40.9 Å². The molecule has 4 rings (SSSR count). The quantitative estimate of drug-likeness (QED) is 0.380. The molecule has 32 heavy (non-hydrogen) atoms. The number of halogens is 5. The van der Waals surface area contributed by atoms with Crippen LogP contribution in [0.25, 0.3) is 17.2 Å². The number of fused-ring (bicyclic) bond motifs is 1. The van der Waals surface area contributed by atoms with Crippen LogP contribution in [0.3, 0.4) is 0 Å². The summed E-state index contributed by atoms with van der Waals surface area (Å²) in [5.41, 5.74) is 1.62. The lowest BCUT2D eigenvalue weighted by Crippen LogP contribution is -2.16. The molecule has 4 aromatic rings. The molecule has 0 bridgehead atoms. The summed E-state index contributed by atoms with van der Waals surface area (Å²) in [5.74, 6) is 0.613. The van der Waals surface area contributed by atoms with Gasteiger partial charge in [0.25, 0.3) is 0 Å². The largest absolute Gasteiger partial charge is 0.417 e. The van der Waals surface area contributed by atoms with Gasteiger partial charge in [0.05, 0.1) is 18.2 Å². The minimum absolute atomic E-state index is 0.118. The molecule has 0 aliphatic heterocycles. The predicted molar refractivity (Wildman–Crippen MR) is 114 cm³/mol. The molecule has 1 amide bonds. The fourth-order valence-electron chi connectivity index (χ4n) is 3.16. The standard InChI is InChI=1S/C21H15Cl2F3N4O2/c1-10-5-12(20-29-30-11(2)27-9-19(30)32-20)3-4-17(10)28-18(31)8-14-15(22)6-13(7-16(14)23)21(24,25)26/h3-7,9H,8H2,1-2H3,(H,28,31). The molecule has 166 valence electrons. The second-order valence-electron chi connectivity index (χ2n) is 7.13. The number of carbonyl (C=O) groups is 1. The van der Waals surface area contributed by atoms with E-state index in [1.54, 1.807) is 42.8 Å². The highest BCUT2D eigenvalue weighted by molar-refractivity contribution is 6.36. The van der Waals surface area contributed by atoms with Gasteiger partial charge in [-0.1, -0.05) is 23.2 Å². The van der Waals surface area contributed by atoms with Gasteiger partial charge in [0, 0.05) is 21.3 Å². The van der Waals surface area contributed by atoms with Crippen LogP contribution >= 0.6 is 23.2 Å². The lowest BCUT2D eigenvalue weighted by atomic mass is 10.1. The highest BCUT2D eigenvalue weighted by atomic mass is 35.5. The summed E-state index contributed by atoms with van der Waals surface area (Å²) in [7, 11) is 0. The molecule has 1 N–H and O–H groups in total. The number of nitrogens with zero attached hydrogens (tertiary/aromatic N) is 3. The summed E-state index contributed by atoms with van der Waals surface area (Å²) in [6.45, 7) is 3.60. The highest BCUT2D eigenvalue weighted by Gasteiger charge is 2.32. The molecule has 2 heterocycles. The molecule has 0 aliphatic rings. The summed E-state index contributed by atoms with van der Waals surface area (Å²) < 4.78 is 45.9. The van der Waals surface area contributed by atoms with Crippen LogP contribution in [-0.4, -0.2) is 20.5 Å². The van der Waals surface area contributed by atoms with E-state index in [2.05, 4.69) is 15.4 Å². The second kappa shape index (κ2) is 8.14. The van der Waals surface area contributed by atoms with E-state index in [1.165, 1.54) is 0 Å². The van der Waals surface area contributed by atoms with Gasteiger partial charge in [0.1, 0.15) is 5.82 Å². The monoisotopic (exact) mass is 482 g/mol. The molecule has 0 aliphatic carbocycles. The fourth-order valence-corrected chi connectivity index (χ4v) is 3.78. The van der Waals surface area contributed by atoms with Crippen molar-refractivity contribution in [1.29, 1.82) is 0 Å². The Morgan fingerprint density at radius 1 is 1.16 bits per heavy atom. The van der Waals surface area contributed by atoms with Crippen LogP contribution < -0.4 is 5.32 Å². The smallest absolute Gasteiger partial charge is 0.416 e. The molecule has 0 saturated carbocycles. The van der Waals surface area contributed by atoms with Gasteiger partial charge in [-0.2, -0.15) is 17.7 Å². The Bertz CT molecular complexity index is 1320. The maximum Gasteiger partial charge on any atom is 0.416 e. The SMILES string of the molecule is Cc1cc(-c2nn3c(C)ncc3o2)ccc1NC(=O)Cc1c(Cl)cc(C(F)(F)F)cc1Cl. The summed E-state index contributed by atoms with van der Waals surface area (Å²) in [6, 6.07) is 6.72. The fraction of sp³-hybridized carbons (Fsp3) is 0.190. The zero-order valence-corrected chi connectivity index (χ0v) is 18.2. The molecule has 0 radical (unpaired) electrons. The first kappa shape index (κ1) is 22.2. The number of benzene rings is 2. The zero-order valence-electron chi connectivity index (χ0n) is 16.7. The van der Waals surface area contributed by atoms with Crippen molar-refractivity contribution in [2.45, 2.75) is 26.4 Å². The Balaban J connectivity index is 1.51. The number of nitrogens with one attached hydrogen (secondary N) is 1. The predicted octanol–water partition coefficient (Wildman–Crippen LogP) is 6.11. The summed E-state index contributed by atoms with van der Waals surface area (Å²) in [6.07, 6.45) is -3.29. The average molecular weight is 483 g/mol. The van der Waals surface area contributed by atoms with E-state index < -0.39 is 17.6 Å². The summed E-state index contributed by atoms with van der Waals surface area (Å²) >= 11 is 11.9. The van der Waals surface area contributed by atoms with Crippen molar-refractivity contribution in [1.82, 2.24) is 14.6 Å². The topological polar surface area (TPSA) is 72.4 Å². The van der Waals surface area contributed by atoms with Crippen molar-refractivity contribution in [3.05, 3.63) is 69.1 Å². The number of hydrogen-bond donors (Lipinski definition) is 1. The number of hydrogen-bond acceptors (Lipinski definition) is 4. The minimum atomic E-state index is -4.59. The number of amides is 1. The van der Waals surface area contributed by atoms with E-state index in [0.29, 0.717) is 28.7 Å². The Hall–Kier alpha value is -3.04. The van der Waals surface area contributed by atoms with Gasteiger partial charge < -0.3 is 9.73 Å². The molecule has 0 saturated heterocycles. The molecular weight excluding hydrogens is 468 g/mol. The van der Waals surface area contributed by atoms with E-state index in [1.807, 2.05) is 0 Å². The van der Waals surface area contributed by atoms with Crippen molar-refractivity contribution in [3.8, 4) is 11.5 Å². The lowest BCUT2D eigenvalue weighted by Gasteiger charge is -2.13. The number of aryl methyl sites for hydroxylation is 2. The molecule has 6 nitrogen and oxygen atoms in total. The van der Waals surface area contributed by atoms with E-state index >= 15 is 0 Å². The van der Waals surface area contributed by atoms with Gasteiger partial charge in [-0.3, -0.25) is 4.79 Å². The summed E-state index contributed by atoms with van der Waals surface area (Å²) in [5, 5.41) is 6.64. The molecule has 2 aromatic heterocycles. The van der Waals surface area contributed by atoms with Gasteiger partial charge in [-0.05, 0) is 55.3 Å². The van der Waals surface area contributed by atoms with Gasteiger partial charge in [-0.25, -0.2) is 4.98 Å². The molecule has 0 unspecified atom stereocenters. The van der Waals surface area contributed by atoms with Crippen LogP contribution in [0.4, 0.5) is 18.9 Å². The van der Waals surface area contributed by atoms with Gasteiger partial charge in [0.15, 0.2) is 0 Å². The van der Waals surface area contributed by atoms with Crippen molar-refractivity contribution >= 4 is 40.5 Å². The second-order valence-corrected chi connectivity index (χ2v) is 7.95. The molecular formula is C21H15Cl2F3N4O2. The first-order valence-corrected chi connectivity index (χ1v) is 10.1. The summed E-state index contributed by atoms with van der Waals surface area (Å²) in [4.78, 5) is 16.6. The van der Waals surface area contributed by atoms with E-state index in [4.69, 9.17) is 27.6 Å². The van der Waals surface area contributed by atoms with Crippen molar-refractivity contribution in [2.75, 3.05) is 5.32 Å². The molecule has 0 atom stereocenters. The van der Waals surface area contributed by atoms with Gasteiger partial charge in [0.2, 0.25) is 17.5 Å². The zero-order chi connectivity index (χ0) is 23.2. The minimum Gasteiger partial charge on any atom is -0.417 e. The van der Waals surface area contributed by atoms with Crippen LogP contribution in [0.1, 0.15) is 22.5 Å². The van der Waals surface area contributed by atoms with E-state index in [9.17, 15) is 18.0 Å². The molecule has 0 spiro atoms. The first-order valence-electron chi connectivity index (χ1n) is 9.30. The van der Waals surface area contributed by atoms with Crippen molar-refractivity contribution in [3.63, 3.8) is 0 Å². The Kier molecular flexibility index (Phi) is 5.64. The van der Waals surface area contributed by atoms with Crippen molar-refractivity contribution < 1.29 is 22.4 Å². The van der Waals surface area contributed by atoms with Crippen LogP contribution in [0, 0.1) is 13.8 Å². The van der Waals surface area contributed by atoms with Gasteiger partial charge >= 0.3 is 6.18 Å². The number of anilines is 1. The van der Waals surface area contributed by atoms with Crippen molar-refractivity contribution in [2.24, 2.45) is 0 Å². The van der Waals surface area contributed by atoms with E-state index in [-0.39, 0.29) is 22.0 Å². The number of carbonyl (C=O) groups excluding carboxylic acids is 1. The third kappa shape index (κ3) is 4.31. The number of imidazole rings is 1. The molecule has 0 fully saturated rings. The Labute approximate surface area is 190 Å². The third-order valence-corrected chi connectivity index (χ3v) is 5.50. The normalized spacial score (nSPS) is 11.8. The number of alkyl halides is 3. The maximum atomic E-state index is 12.9. The number of rotatable bonds is 4. The highest BCUT2D eigenvalue weighted by Crippen LogP contribution is 2.36. The first-order chi connectivity index (χ1) is 15.0. The Morgan fingerprint density at radius 2 is 1.84 bits per heavy atom. The van der Waals surface area contributed by atoms with Crippen LogP contribution in [-0.2, 0) is 17.4 Å².